The van der Waals surface area contributed by atoms with Crippen LogP contribution in [0.5, 0.6) is 0 Å². The van der Waals surface area contributed by atoms with Crippen LogP contribution >= 0.6 is 11.8 Å². The molecule has 0 aromatic carbocycles. The molecule has 1 aliphatic rings. The third-order valence-electron chi connectivity index (χ3n) is 3.83. The molecular weight excluding hydrogens is 268 g/mol. The lowest BCUT2D eigenvalue weighted by molar-refractivity contribution is 0.323. The molecule has 0 atom stereocenters. The second-order valence-electron chi connectivity index (χ2n) is 5.26. The number of aromatic nitrogens is 4. The summed E-state index contributed by atoms with van der Waals surface area (Å²) in [4.78, 5) is 8.81. The Morgan fingerprint density at radius 3 is 2.65 bits per heavy atom. The fourth-order valence-corrected chi connectivity index (χ4v) is 3.28. The number of hydrogen-bond donors (Lipinski definition) is 0. The number of rotatable bonds is 4. The van der Waals surface area contributed by atoms with E-state index >= 15 is 0 Å². The number of nitrogens with zero attached hydrogens (tertiary/aromatic N) is 4. The molecule has 2 heterocycles. The molecule has 2 aromatic rings. The first kappa shape index (κ1) is 13.6. The van der Waals surface area contributed by atoms with Crippen molar-refractivity contribution >= 4 is 11.8 Å². The molecule has 4 nitrogen and oxygen atoms in total. The van der Waals surface area contributed by atoms with E-state index in [1.54, 1.807) is 24.2 Å². The Balaban J connectivity index is 1.93. The summed E-state index contributed by atoms with van der Waals surface area (Å²) in [5.74, 6) is 2.87. The van der Waals surface area contributed by atoms with E-state index in [1.807, 2.05) is 12.1 Å². The molecule has 0 saturated heterocycles. The maximum Gasteiger partial charge on any atom is 0.181 e. The van der Waals surface area contributed by atoms with Crippen molar-refractivity contribution in [3.8, 4) is 11.4 Å². The van der Waals surface area contributed by atoms with Crippen molar-refractivity contribution in [1.82, 2.24) is 19.7 Å². The third kappa shape index (κ3) is 2.87. The molecule has 1 aliphatic carbocycles. The van der Waals surface area contributed by atoms with Crippen molar-refractivity contribution in [3.05, 3.63) is 30.4 Å². The molecule has 1 saturated carbocycles. The van der Waals surface area contributed by atoms with Gasteiger partial charge in [0.05, 0.1) is 11.8 Å². The molecule has 0 aliphatic heterocycles. The molecule has 0 bridgehead atoms. The van der Waals surface area contributed by atoms with E-state index in [1.165, 1.54) is 32.1 Å². The van der Waals surface area contributed by atoms with E-state index in [-0.39, 0.29) is 0 Å². The monoisotopic (exact) mass is 288 g/mol. The summed E-state index contributed by atoms with van der Waals surface area (Å²) in [6.07, 6.45) is 12.2. The predicted molar refractivity (Wildman–Crippen MR) is 82.6 cm³/mol. The number of pyridine rings is 1. The van der Waals surface area contributed by atoms with E-state index < -0.39 is 0 Å². The molecule has 0 spiro atoms. The van der Waals surface area contributed by atoms with Gasteiger partial charge in [0, 0.05) is 18.0 Å². The average molecular weight is 288 g/mol. The Morgan fingerprint density at radius 1 is 1.20 bits per heavy atom. The van der Waals surface area contributed by atoms with E-state index in [9.17, 15) is 0 Å². The third-order valence-corrected chi connectivity index (χ3v) is 4.38. The number of hydrogen-bond acceptors (Lipinski definition) is 4. The Bertz CT molecular complexity index is 546. The van der Waals surface area contributed by atoms with E-state index in [0.717, 1.165) is 23.0 Å². The van der Waals surface area contributed by atoms with Gasteiger partial charge in [-0.25, -0.2) is 9.67 Å². The summed E-state index contributed by atoms with van der Waals surface area (Å²) in [5.41, 5.74) is 1.05. The van der Waals surface area contributed by atoms with Gasteiger partial charge in [-0.3, -0.25) is 4.98 Å². The molecule has 5 heteroatoms. The van der Waals surface area contributed by atoms with Gasteiger partial charge in [-0.2, -0.15) is 16.9 Å². The maximum absolute atomic E-state index is 4.79. The summed E-state index contributed by atoms with van der Waals surface area (Å²) in [6.45, 7) is 0. The quantitative estimate of drug-likeness (QED) is 0.860. The molecule has 106 valence electrons. The Kier molecular flexibility index (Phi) is 4.35. The van der Waals surface area contributed by atoms with Crippen molar-refractivity contribution in [2.45, 2.75) is 43.9 Å². The zero-order chi connectivity index (χ0) is 13.8. The minimum Gasteiger partial charge on any atom is -0.265 e. The normalized spacial score (nSPS) is 16.4. The van der Waals surface area contributed by atoms with Crippen LogP contribution in [0.4, 0.5) is 0 Å². The zero-order valence-electron chi connectivity index (χ0n) is 11.8. The van der Waals surface area contributed by atoms with Gasteiger partial charge in [-0.05, 0) is 31.2 Å². The van der Waals surface area contributed by atoms with E-state index in [0.29, 0.717) is 6.04 Å². The standard InChI is InChI=1S/C15H20N4S/c1-20-11-14-17-15(12-7-9-16-10-8-12)18-19(14)13-5-3-2-4-6-13/h7-10,13H,2-6,11H2,1H3. The fourth-order valence-electron chi connectivity index (χ4n) is 2.82. The highest BCUT2D eigenvalue weighted by molar-refractivity contribution is 7.97. The zero-order valence-corrected chi connectivity index (χ0v) is 12.6. The molecule has 1 fully saturated rings. The SMILES string of the molecule is CSCc1nc(-c2ccncc2)nn1C1CCCCC1. The first-order valence-corrected chi connectivity index (χ1v) is 8.62. The topological polar surface area (TPSA) is 43.6 Å². The highest BCUT2D eigenvalue weighted by atomic mass is 32.2. The van der Waals surface area contributed by atoms with Gasteiger partial charge in [0.15, 0.2) is 5.82 Å². The lowest BCUT2D eigenvalue weighted by Crippen LogP contribution is -2.16. The predicted octanol–water partition coefficient (Wildman–Crippen LogP) is 3.71. The van der Waals surface area contributed by atoms with Crippen LogP contribution in [0.15, 0.2) is 24.5 Å². The molecule has 0 unspecified atom stereocenters. The Morgan fingerprint density at radius 2 is 1.95 bits per heavy atom. The van der Waals surface area contributed by atoms with Gasteiger partial charge in [-0.1, -0.05) is 19.3 Å². The van der Waals surface area contributed by atoms with Crippen molar-refractivity contribution < 1.29 is 0 Å². The largest absolute Gasteiger partial charge is 0.265 e. The minimum absolute atomic E-state index is 0.536. The molecular formula is C15H20N4S. The maximum atomic E-state index is 4.79. The average Bonchev–Trinajstić information content (AvgIpc) is 2.94. The highest BCUT2D eigenvalue weighted by Crippen LogP contribution is 2.30. The minimum atomic E-state index is 0.536. The highest BCUT2D eigenvalue weighted by Gasteiger charge is 2.21. The van der Waals surface area contributed by atoms with Gasteiger partial charge in [0.25, 0.3) is 0 Å². The number of thioether (sulfide) groups is 1. The van der Waals surface area contributed by atoms with Crippen molar-refractivity contribution in [2.75, 3.05) is 6.26 Å². The molecule has 2 aromatic heterocycles. The van der Waals surface area contributed by atoms with Crippen molar-refractivity contribution in [1.29, 1.82) is 0 Å². The molecule has 0 radical (unpaired) electrons. The lowest BCUT2D eigenvalue weighted by atomic mass is 9.96. The lowest BCUT2D eigenvalue weighted by Gasteiger charge is -2.22. The first-order valence-electron chi connectivity index (χ1n) is 7.23. The van der Waals surface area contributed by atoms with Gasteiger partial charge in [0.2, 0.25) is 0 Å². The summed E-state index contributed by atoms with van der Waals surface area (Å²) in [6, 6.07) is 4.49. The van der Waals surface area contributed by atoms with Crippen LogP contribution < -0.4 is 0 Å². The molecule has 3 rings (SSSR count). The second-order valence-corrected chi connectivity index (χ2v) is 6.12. The Labute approximate surface area is 124 Å². The first-order chi connectivity index (χ1) is 9.88. The van der Waals surface area contributed by atoms with Crippen molar-refractivity contribution in [2.24, 2.45) is 0 Å². The van der Waals surface area contributed by atoms with E-state index in [2.05, 4.69) is 15.9 Å². The second kappa shape index (κ2) is 6.39. The summed E-state index contributed by atoms with van der Waals surface area (Å²) < 4.78 is 2.19. The van der Waals surface area contributed by atoms with Gasteiger partial charge < -0.3 is 0 Å². The molecule has 0 N–H and O–H groups in total. The van der Waals surface area contributed by atoms with Crippen molar-refractivity contribution in [3.63, 3.8) is 0 Å². The van der Waals surface area contributed by atoms with Crippen LogP contribution in [-0.2, 0) is 5.75 Å². The van der Waals surface area contributed by atoms with Crippen LogP contribution in [-0.4, -0.2) is 26.0 Å². The van der Waals surface area contributed by atoms with Crippen LogP contribution in [0.3, 0.4) is 0 Å². The van der Waals surface area contributed by atoms with Gasteiger partial charge in [-0.15, -0.1) is 0 Å². The summed E-state index contributed by atoms with van der Waals surface area (Å²) in [5, 5.41) is 4.79. The molecule has 0 amide bonds. The van der Waals surface area contributed by atoms with Crippen LogP contribution in [0.25, 0.3) is 11.4 Å². The fraction of sp³-hybridized carbons (Fsp3) is 0.533. The van der Waals surface area contributed by atoms with Gasteiger partial charge >= 0.3 is 0 Å². The smallest absolute Gasteiger partial charge is 0.181 e. The van der Waals surface area contributed by atoms with Crippen LogP contribution in [0, 0.1) is 0 Å². The van der Waals surface area contributed by atoms with Crippen LogP contribution in [0.1, 0.15) is 44.0 Å². The summed E-state index contributed by atoms with van der Waals surface area (Å²) >= 11 is 1.81. The van der Waals surface area contributed by atoms with Crippen LogP contribution in [0.2, 0.25) is 0 Å². The summed E-state index contributed by atoms with van der Waals surface area (Å²) in [7, 11) is 0. The van der Waals surface area contributed by atoms with Gasteiger partial charge in [0.1, 0.15) is 5.82 Å². The molecule has 20 heavy (non-hydrogen) atoms. The Hall–Kier alpha value is -1.36. The van der Waals surface area contributed by atoms with E-state index in [4.69, 9.17) is 10.1 Å².